The maximum atomic E-state index is 6.33. The Labute approximate surface area is 164 Å². The Hall–Kier alpha value is -1.80. The zero-order valence-electron chi connectivity index (χ0n) is 15.7. The Balaban J connectivity index is 1.42. The highest BCUT2D eigenvalue weighted by Gasteiger charge is 2.52. The minimum Gasteiger partial charge on any atom is -0.368 e. The molecule has 6 heteroatoms. The van der Waals surface area contributed by atoms with Crippen LogP contribution in [0.1, 0.15) is 23.0 Å². The SMILES string of the molecule is CO[C@H]1O[C@@H]2COC(c3ccccc3)O[C@@H]2[C@@H]2OCc3ccccc3CO[C@@H]12. The van der Waals surface area contributed by atoms with E-state index < -0.39 is 12.6 Å². The lowest BCUT2D eigenvalue weighted by Crippen LogP contribution is -2.63. The quantitative estimate of drug-likeness (QED) is 0.794. The molecule has 0 amide bonds. The number of benzene rings is 2. The van der Waals surface area contributed by atoms with E-state index in [1.54, 1.807) is 7.11 Å². The van der Waals surface area contributed by atoms with Gasteiger partial charge in [-0.25, -0.2) is 0 Å². The van der Waals surface area contributed by atoms with Crippen molar-refractivity contribution in [3.63, 3.8) is 0 Å². The first-order chi connectivity index (χ1) is 13.8. The molecule has 3 aliphatic rings. The maximum Gasteiger partial charge on any atom is 0.186 e. The molecule has 2 aromatic carbocycles. The van der Waals surface area contributed by atoms with Crippen molar-refractivity contribution < 1.29 is 28.4 Å². The number of ether oxygens (including phenoxy) is 6. The number of rotatable bonds is 2. The van der Waals surface area contributed by atoms with E-state index in [2.05, 4.69) is 12.1 Å². The molecule has 1 unspecified atom stereocenters. The fourth-order valence-corrected chi connectivity index (χ4v) is 4.09. The Morgan fingerprint density at radius 1 is 0.750 bits per heavy atom. The molecule has 0 aliphatic carbocycles. The molecule has 28 heavy (non-hydrogen) atoms. The van der Waals surface area contributed by atoms with E-state index >= 15 is 0 Å². The van der Waals surface area contributed by atoms with E-state index in [4.69, 9.17) is 28.4 Å². The molecule has 0 bridgehead atoms. The van der Waals surface area contributed by atoms with Gasteiger partial charge in [-0.1, -0.05) is 54.6 Å². The molecule has 5 rings (SSSR count). The Bertz CT molecular complexity index is 797. The molecule has 148 valence electrons. The number of hydrogen-bond acceptors (Lipinski definition) is 6. The molecule has 0 aromatic heterocycles. The summed E-state index contributed by atoms with van der Waals surface area (Å²) in [4.78, 5) is 0. The highest BCUT2D eigenvalue weighted by atomic mass is 16.8. The van der Waals surface area contributed by atoms with Crippen LogP contribution in [-0.2, 0) is 41.6 Å². The van der Waals surface area contributed by atoms with Gasteiger partial charge in [-0.15, -0.1) is 0 Å². The molecule has 3 aliphatic heterocycles. The third kappa shape index (κ3) is 3.37. The molecule has 0 radical (unpaired) electrons. The maximum absolute atomic E-state index is 6.33. The molecular weight excluding hydrogens is 360 g/mol. The van der Waals surface area contributed by atoms with Crippen LogP contribution in [0.4, 0.5) is 0 Å². The third-order valence-corrected chi connectivity index (χ3v) is 5.57. The third-order valence-electron chi connectivity index (χ3n) is 5.57. The second-order valence-electron chi connectivity index (χ2n) is 7.28. The van der Waals surface area contributed by atoms with Crippen molar-refractivity contribution in [2.24, 2.45) is 0 Å². The molecule has 0 N–H and O–H groups in total. The van der Waals surface area contributed by atoms with Crippen molar-refractivity contribution >= 4 is 0 Å². The van der Waals surface area contributed by atoms with E-state index in [1.807, 2.05) is 42.5 Å². The molecular formula is C22H24O6. The highest BCUT2D eigenvalue weighted by molar-refractivity contribution is 5.26. The van der Waals surface area contributed by atoms with Crippen LogP contribution in [0, 0.1) is 0 Å². The molecule has 2 fully saturated rings. The normalized spacial score (nSPS) is 35.0. The van der Waals surface area contributed by atoms with Gasteiger partial charge in [0.15, 0.2) is 12.6 Å². The smallest absolute Gasteiger partial charge is 0.186 e. The zero-order valence-corrected chi connectivity index (χ0v) is 15.7. The minimum absolute atomic E-state index is 0.274. The van der Waals surface area contributed by atoms with Crippen LogP contribution in [0.2, 0.25) is 0 Å². The summed E-state index contributed by atoms with van der Waals surface area (Å²) in [6, 6.07) is 18.1. The van der Waals surface area contributed by atoms with E-state index in [0.29, 0.717) is 19.8 Å². The summed E-state index contributed by atoms with van der Waals surface area (Å²) in [5.41, 5.74) is 3.22. The van der Waals surface area contributed by atoms with Crippen LogP contribution in [0.15, 0.2) is 54.6 Å². The van der Waals surface area contributed by atoms with Gasteiger partial charge in [-0.05, 0) is 11.1 Å². The lowest BCUT2D eigenvalue weighted by Gasteiger charge is -2.49. The highest BCUT2D eigenvalue weighted by Crippen LogP contribution is 2.37. The van der Waals surface area contributed by atoms with Crippen LogP contribution < -0.4 is 0 Å². The van der Waals surface area contributed by atoms with Gasteiger partial charge in [0.05, 0.1) is 19.8 Å². The fraction of sp³-hybridized carbons (Fsp3) is 0.455. The summed E-state index contributed by atoms with van der Waals surface area (Å²) in [5.74, 6) is 0. The van der Waals surface area contributed by atoms with Crippen molar-refractivity contribution in [3.05, 3.63) is 71.3 Å². The Morgan fingerprint density at radius 2 is 1.43 bits per heavy atom. The zero-order chi connectivity index (χ0) is 18.9. The first-order valence-electron chi connectivity index (χ1n) is 9.64. The van der Waals surface area contributed by atoms with Crippen LogP contribution in [0.5, 0.6) is 0 Å². The topological polar surface area (TPSA) is 55.4 Å². The average Bonchev–Trinajstić information content (AvgIpc) is 2.74. The lowest BCUT2D eigenvalue weighted by molar-refractivity contribution is -0.370. The predicted octanol–water partition coefficient (Wildman–Crippen LogP) is 2.96. The monoisotopic (exact) mass is 384 g/mol. The van der Waals surface area contributed by atoms with E-state index in [0.717, 1.165) is 16.7 Å². The molecule has 6 nitrogen and oxygen atoms in total. The van der Waals surface area contributed by atoms with E-state index in [-0.39, 0.29) is 24.4 Å². The summed E-state index contributed by atoms with van der Waals surface area (Å²) < 4.78 is 36.4. The second-order valence-corrected chi connectivity index (χ2v) is 7.28. The van der Waals surface area contributed by atoms with Gasteiger partial charge in [0, 0.05) is 12.7 Å². The van der Waals surface area contributed by atoms with Gasteiger partial charge in [0.1, 0.15) is 24.4 Å². The number of methoxy groups -OCH3 is 1. The van der Waals surface area contributed by atoms with Crippen LogP contribution in [0.25, 0.3) is 0 Å². The van der Waals surface area contributed by atoms with E-state index in [9.17, 15) is 0 Å². The standard InChI is InChI=1S/C22H24O6/c1-23-22-20-19(24-11-15-9-5-6-10-16(15)12-25-20)18-17(27-22)13-26-21(28-18)14-7-3-2-4-8-14/h2-10,17-22H,11-13H2,1H3/t17-,18+,19+,20-,21?,22+/m1/s1. The minimum atomic E-state index is -0.531. The molecule has 2 aromatic rings. The largest absolute Gasteiger partial charge is 0.368 e. The lowest BCUT2D eigenvalue weighted by atomic mass is 9.96. The average molecular weight is 384 g/mol. The van der Waals surface area contributed by atoms with Gasteiger partial charge in [-0.2, -0.15) is 0 Å². The number of fused-ring (bicyclic) bond motifs is 4. The van der Waals surface area contributed by atoms with Crippen LogP contribution in [-0.4, -0.2) is 44.4 Å². The van der Waals surface area contributed by atoms with Crippen molar-refractivity contribution in [2.75, 3.05) is 13.7 Å². The summed E-state index contributed by atoms with van der Waals surface area (Å²) >= 11 is 0. The molecule has 0 saturated carbocycles. The van der Waals surface area contributed by atoms with Gasteiger partial charge in [-0.3, -0.25) is 0 Å². The van der Waals surface area contributed by atoms with Crippen molar-refractivity contribution in [3.8, 4) is 0 Å². The Kier molecular flexibility index (Phi) is 5.15. The fourth-order valence-electron chi connectivity index (χ4n) is 4.09. The molecule has 0 spiro atoms. The van der Waals surface area contributed by atoms with Crippen LogP contribution in [0.3, 0.4) is 0 Å². The molecule has 2 saturated heterocycles. The van der Waals surface area contributed by atoms with Gasteiger partial charge < -0.3 is 28.4 Å². The van der Waals surface area contributed by atoms with Crippen molar-refractivity contribution in [1.29, 1.82) is 0 Å². The van der Waals surface area contributed by atoms with Gasteiger partial charge in [0.25, 0.3) is 0 Å². The Morgan fingerprint density at radius 3 is 2.14 bits per heavy atom. The van der Waals surface area contributed by atoms with Crippen molar-refractivity contribution in [2.45, 2.75) is 50.2 Å². The van der Waals surface area contributed by atoms with Crippen molar-refractivity contribution in [1.82, 2.24) is 0 Å². The summed E-state index contributed by atoms with van der Waals surface area (Å²) in [5, 5.41) is 0. The summed E-state index contributed by atoms with van der Waals surface area (Å²) in [6.07, 6.45) is -2.25. The summed E-state index contributed by atoms with van der Waals surface area (Å²) in [6.45, 7) is 1.40. The van der Waals surface area contributed by atoms with E-state index in [1.165, 1.54) is 0 Å². The first kappa shape index (κ1) is 18.2. The number of hydrogen-bond donors (Lipinski definition) is 0. The molecule has 6 atom stereocenters. The molecule has 3 heterocycles. The predicted molar refractivity (Wildman–Crippen MR) is 99.3 cm³/mol. The van der Waals surface area contributed by atoms with Gasteiger partial charge >= 0.3 is 0 Å². The van der Waals surface area contributed by atoms with Gasteiger partial charge in [0.2, 0.25) is 0 Å². The summed E-state index contributed by atoms with van der Waals surface area (Å²) in [7, 11) is 1.62. The first-order valence-corrected chi connectivity index (χ1v) is 9.64. The second kappa shape index (κ2) is 7.91. The van der Waals surface area contributed by atoms with Crippen LogP contribution >= 0.6 is 0 Å².